The molecule has 0 saturated carbocycles. The maximum absolute atomic E-state index is 5.75. The molecule has 0 aliphatic heterocycles. The predicted octanol–water partition coefficient (Wildman–Crippen LogP) is 5.60. The quantitative estimate of drug-likeness (QED) is 0.640. The van der Waals surface area contributed by atoms with Crippen molar-refractivity contribution < 1.29 is 4.74 Å². The third-order valence-electron chi connectivity index (χ3n) is 3.74. The van der Waals surface area contributed by atoms with Gasteiger partial charge in [0.25, 0.3) is 0 Å². The lowest BCUT2D eigenvalue weighted by Crippen LogP contribution is -2.01. The zero-order valence-electron chi connectivity index (χ0n) is 13.9. The lowest BCUT2D eigenvalue weighted by Gasteiger charge is -2.11. The van der Waals surface area contributed by atoms with Gasteiger partial charge in [0, 0.05) is 12.2 Å². The summed E-state index contributed by atoms with van der Waals surface area (Å²) in [6.45, 7) is 8.21. The van der Waals surface area contributed by atoms with Crippen LogP contribution in [0.15, 0.2) is 48.5 Å². The number of unbranched alkanes of at least 4 members (excludes halogenated alkanes) is 1. The highest BCUT2D eigenvalue weighted by Crippen LogP contribution is 2.19. The molecule has 0 aromatic heterocycles. The maximum atomic E-state index is 5.75. The Balaban J connectivity index is 1.89. The molecule has 1 N–H and O–H groups in total. The minimum Gasteiger partial charge on any atom is -0.494 e. The van der Waals surface area contributed by atoms with Gasteiger partial charge in [-0.05, 0) is 47.7 Å². The summed E-state index contributed by atoms with van der Waals surface area (Å²) in [5.74, 6) is 1.54. The highest BCUT2D eigenvalue weighted by Gasteiger charge is 2.00. The first-order valence-electron chi connectivity index (χ1n) is 8.24. The summed E-state index contributed by atoms with van der Waals surface area (Å²) in [5, 5.41) is 3.47. The Bertz CT molecular complexity index is 560. The molecule has 2 nitrogen and oxygen atoms in total. The van der Waals surface area contributed by atoms with Crippen LogP contribution in [-0.2, 0) is 6.54 Å². The fourth-order valence-electron chi connectivity index (χ4n) is 2.27. The molecule has 0 heterocycles. The molecular formula is C20H27NO. The predicted molar refractivity (Wildman–Crippen MR) is 94.7 cm³/mol. The van der Waals surface area contributed by atoms with Crippen LogP contribution in [0.2, 0.25) is 0 Å². The molecule has 0 radical (unpaired) electrons. The summed E-state index contributed by atoms with van der Waals surface area (Å²) >= 11 is 0. The third-order valence-corrected chi connectivity index (χ3v) is 3.74. The van der Waals surface area contributed by atoms with Gasteiger partial charge in [-0.25, -0.2) is 0 Å². The average molecular weight is 297 g/mol. The number of hydrogen-bond donors (Lipinski definition) is 1. The normalized spacial score (nSPS) is 10.7. The van der Waals surface area contributed by atoms with Crippen molar-refractivity contribution >= 4 is 5.69 Å². The van der Waals surface area contributed by atoms with E-state index in [2.05, 4.69) is 68.6 Å². The molecule has 2 aromatic carbocycles. The van der Waals surface area contributed by atoms with Crippen molar-refractivity contribution in [1.82, 2.24) is 0 Å². The fraction of sp³-hybridized carbons (Fsp3) is 0.400. The lowest BCUT2D eigenvalue weighted by atomic mass is 10.0. The Labute approximate surface area is 134 Å². The van der Waals surface area contributed by atoms with E-state index in [0.29, 0.717) is 5.92 Å². The van der Waals surface area contributed by atoms with Crippen molar-refractivity contribution in [3.8, 4) is 5.75 Å². The van der Waals surface area contributed by atoms with Crippen molar-refractivity contribution in [3.63, 3.8) is 0 Å². The number of nitrogens with one attached hydrogen (secondary N) is 1. The second-order valence-electron chi connectivity index (χ2n) is 5.98. The van der Waals surface area contributed by atoms with E-state index in [4.69, 9.17) is 4.74 Å². The summed E-state index contributed by atoms with van der Waals surface area (Å²) in [6, 6.07) is 17.0. The van der Waals surface area contributed by atoms with E-state index in [1.54, 1.807) is 0 Å². The van der Waals surface area contributed by atoms with Crippen molar-refractivity contribution in [2.45, 2.75) is 46.1 Å². The Morgan fingerprint density at radius 2 is 1.82 bits per heavy atom. The first-order valence-corrected chi connectivity index (χ1v) is 8.24. The molecule has 2 aromatic rings. The van der Waals surface area contributed by atoms with Crippen LogP contribution in [0.25, 0.3) is 0 Å². The number of benzene rings is 2. The second-order valence-corrected chi connectivity index (χ2v) is 5.98. The molecule has 0 amide bonds. The Kier molecular flexibility index (Phi) is 6.32. The van der Waals surface area contributed by atoms with Crippen LogP contribution in [0.4, 0.5) is 5.69 Å². The standard InChI is InChI=1S/C20H27NO/c1-4-5-13-22-20-8-6-7-17(14-20)15-21-19-11-9-18(10-12-19)16(2)3/h6-12,14,16,21H,4-5,13,15H2,1-3H3. The highest BCUT2D eigenvalue weighted by molar-refractivity contribution is 5.46. The molecule has 0 bridgehead atoms. The van der Waals surface area contributed by atoms with E-state index in [-0.39, 0.29) is 0 Å². The largest absolute Gasteiger partial charge is 0.494 e. The van der Waals surface area contributed by atoms with Gasteiger partial charge in [-0.2, -0.15) is 0 Å². The number of ether oxygens (including phenoxy) is 1. The summed E-state index contributed by atoms with van der Waals surface area (Å²) < 4.78 is 5.75. The van der Waals surface area contributed by atoms with Gasteiger partial charge in [0.05, 0.1) is 6.61 Å². The van der Waals surface area contributed by atoms with E-state index in [1.165, 1.54) is 11.1 Å². The van der Waals surface area contributed by atoms with Crippen LogP contribution in [0.1, 0.15) is 50.7 Å². The fourth-order valence-corrected chi connectivity index (χ4v) is 2.27. The Morgan fingerprint density at radius 1 is 1.05 bits per heavy atom. The first-order chi connectivity index (χ1) is 10.7. The van der Waals surface area contributed by atoms with Crippen molar-refractivity contribution in [3.05, 3.63) is 59.7 Å². The van der Waals surface area contributed by atoms with Gasteiger partial charge in [0.15, 0.2) is 0 Å². The molecule has 0 spiro atoms. The summed E-state index contributed by atoms with van der Waals surface area (Å²) in [6.07, 6.45) is 2.26. The second kappa shape index (κ2) is 8.47. The van der Waals surface area contributed by atoms with Gasteiger partial charge in [-0.1, -0.05) is 51.5 Å². The molecule has 0 atom stereocenters. The monoisotopic (exact) mass is 297 g/mol. The highest BCUT2D eigenvalue weighted by atomic mass is 16.5. The summed E-state index contributed by atoms with van der Waals surface area (Å²) in [4.78, 5) is 0. The average Bonchev–Trinajstić information content (AvgIpc) is 2.54. The molecule has 0 saturated heterocycles. The van der Waals surface area contributed by atoms with Crippen molar-refractivity contribution in [1.29, 1.82) is 0 Å². The van der Waals surface area contributed by atoms with Crippen LogP contribution < -0.4 is 10.1 Å². The van der Waals surface area contributed by atoms with E-state index >= 15 is 0 Å². The maximum Gasteiger partial charge on any atom is 0.119 e. The molecule has 0 fully saturated rings. The van der Waals surface area contributed by atoms with E-state index in [1.807, 2.05) is 6.07 Å². The number of hydrogen-bond acceptors (Lipinski definition) is 2. The topological polar surface area (TPSA) is 21.3 Å². The van der Waals surface area contributed by atoms with Crippen LogP contribution in [-0.4, -0.2) is 6.61 Å². The SMILES string of the molecule is CCCCOc1cccc(CNc2ccc(C(C)C)cc2)c1. The van der Waals surface area contributed by atoms with Gasteiger partial charge < -0.3 is 10.1 Å². The van der Waals surface area contributed by atoms with Gasteiger partial charge in [-0.3, -0.25) is 0 Å². The smallest absolute Gasteiger partial charge is 0.119 e. The van der Waals surface area contributed by atoms with Crippen molar-refractivity contribution in [2.24, 2.45) is 0 Å². The minimum atomic E-state index is 0.575. The van der Waals surface area contributed by atoms with Crippen LogP contribution in [0, 0.1) is 0 Å². The van der Waals surface area contributed by atoms with Crippen molar-refractivity contribution in [2.75, 3.05) is 11.9 Å². The zero-order valence-corrected chi connectivity index (χ0v) is 13.9. The number of rotatable bonds is 8. The van der Waals surface area contributed by atoms with Crippen LogP contribution in [0.3, 0.4) is 0 Å². The molecule has 0 aliphatic carbocycles. The molecule has 0 unspecified atom stereocenters. The van der Waals surface area contributed by atoms with Gasteiger partial charge >= 0.3 is 0 Å². The summed E-state index contributed by atoms with van der Waals surface area (Å²) in [5.41, 5.74) is 3.76. The molecule has 0 aliphatic rings. The van der Waals surface area contributed by atoms with Gasteiger partial charge in [0.2, 0.25) is 0 Å². The molecular weight excluding hydrogens is 270 g/mol. The lowest BCUT2D eigenvalue weighted by molar-refractivity contribution is 0.309. The van der Waals surface area contributed by atoms with E-state index in [0.717, 1.165) is 37.4 Å². The van der Waals surface area contributed by atoms with Crippen LogP contribution in [0.5, 0.6) is 5.75 Å². The molecule has 118 valence electrons. The van der Waals surface area contributed by atoms with E-state index in [9.17, 15) is 0 Å². The molecule has 22 heavy (non-hydrogen) atoms. The molecule has 2 rings (SSSR count). The minimum absolute atomic E-state index is 0.575. The van der Waals surface area contributed by atoms with Crippen LogP contribution >= 0.6 is 0 Å². The third kappa shape index (κ3) is 5.10. The first kappa shape index (κ1) is 16.4. The number of anilines is 1. The zero-order chi connectivity index (χ0) is 15.8. The van der Waals surface area contributed by atoms with E-state index < -0.39 is 0 Å². The summed E-state index contributed by atoms with van der Waals surface area (Å²) in [7, 11) is 0. The molecule has 2 heteroatoms. The van der Waals surface area contributed by atoms with Gasteiger partial charge in [0.1, 0.15) is 5.75 Å². The Morgan fingerprint density at radius 3 is 2.50 bits per heavy atom. The Hall–Kier alpha value is -1.96. The van der Waals surface area contributed by atoms with Gasteiger partial charge in [-0.15, -0.1) is 0 Å².